The molecular formula is C27H44O2. The van der Waals surface area contributed by atoms with Crippen molar-refractivity contribution >= 4 is 0 Å². The second-order valence-electron chi connectivity index (χ2n) is 11.2. The van der Waals surface area contributed by atoms with Crippen molar-refractivity contribution in [1.82, 2.24) is 0 Å². The molecule has 3 aliphatic carbocycles. The van der Waals surface area contributed by atoms with Crippen molar-refractivity contribution in [3.05, 3.63) is 35.5 Å². The predicted octanol–water partition coefficient (Wildman–Crippen LogP) is 6.73. The molecule has 2 nitrogen and oxygen atoms in total. The Balaban J connectivity index is 1.68. The van der Waals surface area contributed by atoms with E-state index in [0.29, 0.717) is 5.41 Å². The van der Waals surface area contributed by atoms with Crippen LogP contribution in [0.3, 0.4) is 0 Å². The Morgan fingerprint density at radius 2 is 1.97 bits per heavy atom. The van der Waals surface area contributed by atoms with Gasteiger partial charge in [0.15, 0.2) is 0 Å². The van der Waals surface area contributed by atoms with Crippen molar-refractivity contribution in [2.75, 3.05) is 0 Å². The van der Waals surface area contributed by atoms with E-state index in [0.717, 1.165) is 49.9 Å². The maximum absolute atomic E-state index is 10.0. The van der Waals surface area contributed by atoms with Crippen LogP contribution in [0.1, 0.15) is 98.3 Å². The molecule has 0 aromatic rings. The van der Waals surface area contributed by atoms with Crippen molar-refractivity contribution in [3.8, 4) is 0 Å². The molecule has 0 saturated heterocycles. The molecule has 3 saturated carbocycles. The predicted molar refractivity (Wildman–Crippen MR) is 123 cm³/mol. The molecule has 0 spiro atoms. The lowest BCUT2D eigenvalue weighted by Gasteiger charge is -2.44. The first-order valence-corrected chi connectivity index (χ1v) is 12.1. The molecule has 0 aromatic heterocycles. The number of hydrogen-bond acceptors (Lipinski definition) is 2. The molecule has 3 rings (SSSR count). The highest BCUT2D eigenvalue weighted by Gasteiger charge is 2.50. The molecule has 0 bridgehead atoms. The molecule has 0 aliphatic heterocycles. The maximum Gasteiger partial charge on any atom is 0.0591 e. The number of fused-ring (bicyclic) bond motifs is 1. The van der Waals surface area contributed by atoms with Gasteiger partial charge in [-0.15, -0.1) is 0 Å². The molecule has 2 N–H and O–H groups in total. The summed E-state index contributed by atoms with van der Waals surface area (Å²) in [5.41, 5.74) is 4.02. The smallest absolute Gasteiger partial charge is 0.0591 e. The zero-order valence-corrected chi connectivity index (χ0v) is 19.3. The summed E-state index contributed by atoms with van der Waals surface area (Å²) < 4.78 is 0. The van der Waals surface area contributed by atoms with E-state index in [-0.39, 0.29) is 6.10 Å². The van der Waals surface area contributed by atoms with E-state index in [2.05, 4.69) is 32.6 Å². The van der Waals surface area contributed by atoms with Gasteiger partial charge in [0.05, 0.1) is 11.7 Å². The van der Waals surface area contributed by atoms with Crippen molar-refractivity contribution in [2.45, 2.75) is 110 Å². The lowest BCUT2D eigenvalue weighted by Crippen LogP contribution is -2.36. The first-order valence-electron chi connectivity index (χ1n) is 12.1. The van der Waals surface area contributed by atoms with Gasteiger partial charge in [-0.3, -0.25) is 0 Å². The quantitative estimate of drug-likeness (QED) is 0.518. The third-order valence-electron chi connectivity index (χ3n) is 8.36. The Morgan fingerprint density at radius 3 is 2.69 bits per heavy atom. The number of aliphatic hydroxyl groups is 2. The van der Waals surface area contributed by atoms with Crippen LogP contribution in [0.25, 0.3) is 0 Å². The highest BCUT2D eigenvalue weighted by atomic mass is 16.3. The van der Waals surface area contributed by atoms with E-state index < -0.39 is 5.60 Å². The van der Waals surface area contributed by atoms with Crippen LogP contribution in [0, 0.1) is 23.2 Å². The minimum Gasteiger partial charge on any atom is -0.393 e. The molecule has 0 heterocycles. The lowest BCUT2D eigenvalue weighted by molar-refractivity contribution is 0.0596. The first kappa shape index (κ1) is 22.8. The van der Waals surface area contributed by atoms with Crippen LogP contribution < -0.4 is 0 Å². The largest absolute Gasteiger partial charge is 0.393 e. The maximum atomic E-state index is 10.0. The van der Waals surface area contributed by atoms with Crippen LogP contribution in [0.2, 0.25) is 0 Å². The van der Waals surface area contributed by atoms with Crippen LogP contribution in [-0.2, 0) is 0 Å². The van der Waals surface area contributed by atoms with E-state index >= 15 is 0 Å². The SMILES string of the molecule is C=C1CCC(O)C/C1=C\C=C1/CCCC2(C)C1CCC2C(C)CCCC(C)(C)O. The molecular weight excluding hydrogens is 356 g/mol. The minimum atomic E-state index is -0.535. The molecule has 0 amide bonds. The zero-order valence-electron chi connectivity index (χ0n) is 19.3. The minimum absolute atomic E-state index is 0.192. The monoisotopic (exact) mass is 400 g/mol. The third-order valence-corrected chi connectivity index (χ3v) is 8.36. The molecule has 0 radical (unpaired) electrons. The van der Waals surface area contributed by atoms with Gasteiger partial charge in [0, 0.05) is 0 Å². The third kappa shape index (κ3) is 5.44. The van der Waals surface area contributed by atoms with Crippen molar-refractivity contribution in [2.24, 2.45) is 23.2 Å². The average Bonchev–Trinajstić information content (AvgIpc) is 2.99. The fraction of sp³-hybridized carbons (Fsp3) is 0.778. The van der Waals surface area contributed by atoms with Gasteiger partial charge in [0.1, 0.15) is 0 Å². The van der Waals surface area contributed by atoms with Crippen LogP contribution in [-0.4, -0.2) is 21.9 Å². The summed E-state index contributed by atoms with van der Waals surface area (Å²) in [7, 11) is 0. The summed E-state index contributed by atoms with van der Waals surface area (Å²) in [6, 6.07) is 0. The van der Waals surface area contributed by atoms with Crippen LogP contribution in [0.15, 0.2) is 35.5 Å². The van der Waals surface area contributed by atoms with Crippen LogP contribution in [0.4, 0.5) is 0 Å². The molecule has 5 atom stereocenters. The Bertz CT molecular complexity index is 650. The van der Waals surface area contributed by atoms with Gasteiger partial charge in [0.25, 0.3) is 0 Å². The molecule has 3 aliphatic rings. The van der Waals surface area contributed by atoms with E-state index in [9.17, 15) is 10.2 Å². The van der Waals surface area contributed by atoms with Gasteiger partial charge in [-0.1, -0.05) is 56.6 Å². The van der Waals surface area contributed by atoms with Crippen molar-refractivity contribution in [3.63, 3.8) is 0 Å². The van der Waals surface area contributed by atoms with Crippen molar-refractivity contribution in [1.29, 1.82) is 0 Å². The molecule has 29 heavy (non-hydrogen) atoms. The summed E-state index contributed by atoms with van der Waals surface area (Å²) in [5, 5.41) is 20.1. The Kier molecular flexibility index (Phi) is 7.16. The van der Waals surface area contributed by atoms with E-state index in [1.54, 1.807) is 5.57 Å². The number of rotatable bonds is 6. The van der Waals surface area contributed by atoms with E-state index in [1.807, 2.05) is 13.8 Å². The van der Waals surface area contributed by atoms with Gasteiger partial charge >= 0.3 is 0 Å². The summed E-state index contributed by atoms with van der Waals surface area (Å²) >= 11 is 0. The second-order valence-corrected chi connectivity index (χ2v) is 11.2. The standard InChI is InChI=1S/C27H44O2/c1-19-10-13-23(28)18-22(19)12-11-21-9-7-17-27(5)24(14-15-25(21)27)20(2)8-6-16-26(3,4)29/h11-12,20,23-25,28-29H,1,6-10,13-18H2,2-5H3/b21-11+,22-12+. The summed E-state index contributed by atoms with van der Waals surface area (Å²) in [6.07, 6.45) is 16.9. The fourth-order valence-electron chi connectivity index (χ4n) is 6.67. The molecule has 164 valence electrons. The highest BCUT2D eigenvalue weighted by Crippen LogP contribution is 2.60. The van der Waals surface area contributed by atoms with Gasteiger partial charge < -0.3 is 10.2 Å². The number of aliphatic hydroxyl groups excluding tert-OH is 1. The summed E-state index contributed by atoms with van der Waals surface area (Å²) in [5.74, 6) is 2.26. The van der Waals surface area contributed by atoms with Gasteiger partial charge in [0.2, 0.25) is 0 Å². The Morgan fingerprint density at radius 1 is 1.21 bits per heavy atom. The molecule has 3 fully saturated rings. The van der Waals surface area contributed by atoms with Gasteiger partial charge in [-0.05, 0) is 100 Å². The number of hydrogen-bond donors (Lipinski definition) is 2. The first-order chi connectivity index (χ1) is 13.6. The van der Waals surface area contributed by atoms with E-state index in [4.69, 9.17) is 0 Å². The number of allylic oxidation sites excluding steroid dienone is 4. The average molecular weight is 401 g/mol. The van der Waals surface area contributed by atoms with Gasteiger partial charge in [-0.25, -0.2) is 0 Å². The molecule has 0 aromatic carbocycles. The van der Waals surface area contributed by atoms with Crippen LogP contribution >= 0.6 is 0 Å². The summed E-state index contributed by atoms with van der Waals surface area (Å²) in [4.78, 5) is 0. The zero-order chi connectivity index (χ0) is 21.2. The highest BCUT2D eigenvalue weighted by molar-refractivity contribution is 5.36. The normalized spacial score (nSPS) is 37.2. The Hall–Kier alpha value is -0.860. The summed E-state index contributed by atoms with van der Waals surface area (Å²) in [6.45, 7) is 13.1. The Labute approximate surface area is 179 Å². The molecule has 5 unspecified atom stereocenters. The second kappa shape index (κ2) is 9.10. The van der Waals surface area contributed by atoms with Crippen molar-refractivity contribution < 1.29 is 10.2 Å². The van der Waals surface area contributed by atoms with Crippen LogP contribution in [0.5, 0.6) is 0 Å². The van der Waals surface area contributed by atoms with Gasteiger partial charge in [-0.2, -0.15) is 0 Å². The molecule has 2 heteroatoms. The topological polar surface area (TPSA) is 40.5 Å². The fourth-order valence-corrected chi connectivity index (χ4v) is 6.67. The van der Waals surface area contributed by atoms with E-state index in [1.165, 1.54) is 49.7 Å². The lowest BCUT2D eigenvalue weighted by atomic mass is 9.60.